The van der Waals surface area contributed by atoms with E-state index in [4.69, 9.17) is 11.6 Å². The van der Waals surface area contributed by atoms with Gasteiger partial charge < -0.3 is 0 Å². The lowest BCUT2D eigenvalue weighted by atomic mass is 9.82. The van der Waals surface area contributed by atoms with E-state index in [2.05, 4.69) is 20.8 Å². The molecule has 0 spiro atoms. The van der Waals surface area contributed by atoms with E-state index < -0.39 is 0 Å². The van der Waals surface area contributed by atoms with Crippen LogP contribution in [-0.2, 0) is 11.8 Å². The molecule has 3 heteroatoms. The monoisotopic (exact) mass is 304 g/mol. The quantitative estimate of drug-likeness (QED) is 0.712. The van der Waals surface area contributed by atoms with Crippen molar-refractivity contribution in [3.8, 4) is 0 Å². The summed E-state index contributed by atoms with van der Waals surface area (Å²) >= 11 is 6.04. The van der Waals surface area contributed by atoms with Crippen LogP contribution in [0.15, 0.2) is 42.5 Å². The number of rotatable bonds is 3. The smallest absolute Gasteiger partial charge is 0.167 e. The van der Waals surface area contributed by atoms with Crippen LogP contribution in [0.3, 0.4) is 0 Å². The normalized spacial score (nSPS) is 11.5. The van der Waals surface area contributed by atoms with Crippen LogP contribution in [0.4, 0.5) is 4.39 Å². The molecule has 0 aromatic heterocycles. The number of benzene rings is 2. The van der Waals surface area contributed by atoms with Gasteiger partial charge in [-0.1, -0.05) is 56.6 Å². The Balaban J connectivity index is 2.36. The fraction of sp³-hybridized carbons (Fsp3) is 0.278. The van der Waals surface area contributed by atoms with Crippen molar-refractivity contribution < 1.29 is 9.18 Å². The van der Waals surface area contributed by atoms with Crippen LogP contribution in [0.5, 0.6) is 0 Å². The standard InChI is InChI=1S/C18H18ClFO/c1-18(2,3)15-7-5-4-6-14(15)17(21)11-12-10-13(20)8-9-16(12)19/h4-10H,11H2,1-3H3. The highest BCUT2D eigenvalue weighted by atomic mass is 35.5. The molecule has 0 aliphatic rings. The summed E-state index contributed by atoms with van der Waals surface area (Å²) < 4.78 is 13.3. The molecule has 0 radical (unpaired) electrons. The van der Waals surface area contributed by atoms with Crippen molar-refractivity contribution in [3.63, 3.8) is 0 Å². The van der Waals surface area contributed by atoms with Crippen molar-refractivity contribution in [1.82, 2.24) is 0 Å². The van der Waals surface area contributed by atoms with Crippen LogP contribution < -0.4 is 0 Å². The molecule has 0 fully saturated rings. The van der Waals surface area contributed by atoms with Gasteiger partial charge in [0.05, 0.1) is 0 Å². The molecular formula is C18H18ClFO. The fourth-order valence-electron chi connectivity index (χ4n) is 2.33. The molecular weight excluding hydrogens is 287 g/mol. The Hall–Kier alpha value is -1.67. The van der Waals surface area contributed by atoms with E-state index in [-0.39, 0.29) is 23.4 Å². The molecule has 0 atom stereocenters. The lowest BCUT2D eigenvalue weighted by Gasteiger charge is -2.22. The molecule has 0 unspecified atom stereocenters. The highest BCUT2D eigenvalue weighted by Gasteiger charge is 2.21. The maximum Gasteiger partial charge on any atom is 0.167 e. The second-order valence-corrected chi connectivity index (χ2v) is 6.54. The first-order valence-corrected chi connectivity index (χ1v) is 7.23. The molecule has 0 heterocycles. The summed E-state index contributed by atoms with van der Waals surface area (Å²) in [4.78, 5) is 12.6. The highest BCUT2D eigenvalue weighted by molar-refractivity contribution is 6.31. The number of ketones is 1. The van der Waals surface area contributed by atoms with E-state index in [1.54, 1.807) is 0 Å². The second kappa shape index (κ2) is 5.98. The Bertz CT molecular complexity index is 671. The fourth-order valence-corrected chi connectivity index (χ4v) is 2.51. The molecule has 0 bridgehead atoms. The molecule has 2 rings (SSSR count). The van der Waals surface area contributed by atoms with Gasteiger partial charge in [-0.2, -0.15) is 0 Å². The minimum absolute atomic E-state index is 0.0481. The Morgan fingerprint density at radius 1 is 1.14 bits per heavy atom. The number of carbonyl (C=O) groups excluding carboxylic acids is 1. The molecule has 2 aromatic rings. The van der Waals surface area contributed by atoms with Crippen molar-refractivity contribution in [1.29, 1.82) is 0 Å². The van der Waals surface area contributed by atoms with E-state index in [1.807, 2.05) is 24.3 Å². The molecule has 0 saturated heterocycles. The van der Waals surface area contributed by atoms with E-state index in [1.165, 1.54) is 18.2 Å². The van der Waals surface area contributed by atoms with E-state index >= 15 is 0 Å². The zero-order chi connectivity index (χ0) is 15.6. The zero-order valence-electron chi connectivity index (χ0n) is 12.4. The first-order valence-electron chi connectivity index (χ1n) is 6.85. The van der Waals surface area contributed by atoms with Crippen LogP contribution in [0.2, 0.25) is 5.02 Å². The molecule has 21 heavy (non-hydrogen) atoms. The van der Waals surface area contributed by atoms with Gasteiger partial charge in [-0.25, -0.2) is 4.39 Å². The molecule has 0 aliphatic carbocycles. The van der Waals surface area contributed by atoms with Crippen LogP contribution >= 0.6 is 11.6 Å². The van der Waals surface area contributed by atoms with Crippen molar-refractivity contribution in [2.24, 2.45) is 0 Å². The summed E-state index contributed by atoms with van der Waals surface area (Å²) in [6.45, 7) is 6.19. The van der Waals surface area contributed by atoms with Gasteiger partial charge in [0.15, 0.2) is 5.78 Å². The van der Waals surface area contributed by atoms with Crippen molar-refractivity contribution in [3.05, 3.63) is 70.0 Å². The third kappa shape index (κ3) is 3.70. The number of Topliss-reactive ketones (excluding diaryl/α,β-unsaturated/α-hetero) is 1. The van der Waals surface area contributed by atoms with Gasteiger partial charge in [0.2, 0.25) is 0 Å². The minimum atomic E-state index is -0.383. The molecule has 2 aromatic carbocycles. The number of halogens is 2. The van der Waals surface area contributed by atoms with Gasteiger partial charge in [0.1, 0.15) is 5.82 Å². The summed E-state index contributed by atoms with van der Waals surface area (Å²) in [6.07, 6.45) is 0.101. The summed E-state index contributed by atoms with van der Waals surface area (Å²) in [5, 5.41) is 0.415. The SMILES string of the molecule is CC(C)(C)c1ccccc1C(=O)Cc1cc(F)ccc1Cl. The third-order valence-corrected chi connectivity index (χ3v) is 3.76. The predicted octanol–water partition coefficient (Wildman–Crippen LogP) is 5.20. The first kappa shape index (κ1) is 15.7. The molecule has 0 saturated carbocycles. The molecule has 0 N–H and O–H groups in total. The maximum absolute atomic E-state index is 13.3. The Morgan fingerprint density at radius 2 is 1.81 bits per heavy atom. The summed E-state index contributed by atoms with van der Waals surface area (Å²) in [5.41, 5.74) is 2.05. The Kier molecular flexibility index (Phi) is 4.48. The van der Waals surface area contributed by atoms with Gasteiger partial charge in [-0.05, 0) is 34.7 Å². The topological polar surface area (TPSA) is 17.1 Å². The Labute approximate surface area is 129 Å². The summed E-state index contributed by atoms with van der Waals surface area (Å²) in [7, 11) is 0. The van der Waals surface area contributed by atoms with Crippen LogP contribution in [0, 0.1) is 5.82 Å². The van der Waals surface area contributed by atoms with Gasteiger partial charge in [0, 0.05) is 17.0 Å². The van der Waals surface area contributed by atoms with Gasteiger partial charge in [0.25, 0.3) is 0 Å². The molecule has 110 valence electrons. The number of carbonyl (C=O) groups is 1. The summed E-state index contributed by atoms with van der Waals surface area (Å²) in [5.74, 6) is -0.431. The van der Waals surface area contributed by atoms with Gasteiger partial charge >= 0.3 is 0 Å². The third-order valence-electron chi connectivity index (χ3n) is 3.39. The van der Waals surface area contributed by atoms with Crippen molar-refractivity contribution in [2.75, 3.05) is 0 Å². The van der Waals surface area contributed by atoms with E-state index in [0.717, 1.165) is 5.56 Å². The maximum atomic E-state index is 13.3. The average Bonchev–Trinajstić information content (AvgIpc) is 2.42. The molecule has 1 nitrogen and oxygen atoms in total. The van der Waals surface area contributed by atoms with E-state index in [9.17, 15) is 9.18 Å². The lowest BCUT2D eigenvalue weighted by molar-refractivity contribution is 0.0991. The number of hydrogen-bond acceptors (Lipinski definition) is 1. The second-order valence-electron chi connectivity index (χ2n) is 6.13. The largest absolute Gasteiger partial charge is 0.294 e. The summed E-state index contributed by atoms with van der Waals surface area (Å²) in [6, 6.07) is 11.6. The average molecular weight is 305 g/mol. The van der Waals surface area contributed by atoms with Crippen LogP contribution in [0.25, 0.3) is 0 Å². The van der Waals surface area contributed by atoms with Crippen LogP contribution in [-0.4, -0.2) is 5.78 Å². The lowest BCUT2D eigenvalue weighted by Crippen LogP contribution is -2.18. The van der Waals surface area contributed by atoms with Crippen LogP contribution in [0.1, 0.15) is 42.3 Å². The van der Waals surface area contributed by atoms with E-state index in [0.29, 0.717) is 16.1 Å². The Morgan fingerprint density at radius 3 is 2.48 bits per heavy atom. The van der Waals surface area contributed by atoms with Gasteiger partial charge in [-0.3, -0.25) is 4.79 Å². The highest BCUT2D eigenvalue weighted by Crippen LogP contribution is 2.27. The predicted molar refractivity (Wildman–Crippen MR) is 84.6 cm³/mol. The molecule has 0 aliphatic heterocycles. The van der Waals surface area contributed by atoms with Gasteiger partial charge in [-0.15, -0.1) is 0 Å². The minimum Gasteiger partial charge on any atom is -0.294 e. The molecule has 0 amide bonds. The first-order chi connectivity index (χ1) is 9.79. The zero-order valence-corrected chi connectivity index (χ0v) is 13.2. The van der Waals surface area contributed by atoms with Crippen molar-refractivity contribution in [2.45, 2.75) is 32.6 Å². The number of hydrogen-bond donors (Lipinski definition) is 0. The van der Waals surface area contributed by atoms with Crippen molar-refractivity contribution >= 4 is 17.4 Å².